The van der Waals surface area contributed by atoms with Crippen molar-refractivity contribution in [3.05, 3.63) is 28.4 Å². The smallest absolute Gasteiger partial charge is 0.326 e. The number of nitrogens with zero attached hydrogens (tertiary/aromatic N) is 1. The van der Waals surface area contributed by atoms with E-state index in [0.717, 1.165) is 12.4 Å². The molecular weight excluding hydrogens is 256 g/mol. The average molecular weight is 268 g/mol. The number of primary amides is 1. The van der Waals surface area contributed by atoms with Gasteiger partial charge in [0.05, 0.1) is 6.20 Å². The molecule has 1 aromatic rings. The van der Waals surface area contributed by atoms with Gasteiger partial charge < -0.3 is 21.1 Å². The summed E-state index contributed by atoms with van der Waals surface area (Å²) in [6, 6.07) is -1.26. The summed E-state index contributed by atoms with van der Waals surface area (Å²) >= 11 is 0. The maximum atomic E-state index is 11.6. The second-order valence-electron chi connectivity index (χ2n) is 3.67. The first kappa shape index (κ1) is 14.4. The monoisotopic (exact) mass is 268 g/mol. The van der Waals surface area contributed by atoms with Crippen LogP contribution in [0.5, 0.6) is 0 Å². The van der Waals surface area contributed by atoms with Gasteiger partial charge in [-0.25, -0.2) is 9.78 Å². The topological polar surface area (TPSA) is 155 Å². The van der Waals surface area contributed by atoms with Crippen LogP contribution in [0.25, 0.3) is 0 Å². The number of aliphatic carboxylic acids is 1. The molecule has 0 aliphatic carbocycles. The molecule has 9 heteroatoms. The summed E-state index contributed by atoms with van der Waals surface area (Å²) in [5, 5.41) is 11.1. The number of aromatic amines is 1. The molecule has 1 rings (SSSR count). The number of amides is 2. The summed E-state index contributed by atoms with van der Waals surface area (Å²) in [7, 11) is 0. The number of nitrogens with one attached hydrogen (secondary N) is 2. The highest BCUT2D eigenvalue weighted by atomic mass is 16.4. The summed E-state index contributed by atoms with van der Waals surface area (Å²) in [5.41, 5.74) is 4.28. The fourth-order valence-electron chi connectivity index (χ4n) is 1.24. The molecule has 9 nitrogen and oxygen atoms in total. The Bertz CT molecular complexity index is 533. The van der Waals surface area contributed by atoms with Crippen LogP contribution < -0.4 is 16.6 Å². The van der Waals surface area contributed by atoms with E-state index < -0.39 is 29.4 Å². The van der Waals surface area contributed by atoms with Crippen LogP contribution in [-0.2, 0) is 9.59 Å². The number of aromatic nitrogens is 2. The molecular formula is C10H12N4O5. The van der Waals surface area contributed by atoms with Crippen LogP contribution in [0.1, 0.15) is 23.3 Å². The lowest BCUT2D eigenvalue weighted by atomic mass is 10.1. The number of carbonyl (C=O) groups is 3. The Balaban J connectivity index is 2.70. The highest BCUT2D eigenvalue weighted by Gasteiger charge is 2.21. The van der Waals surface area contributed by atoms with Gasteiger partial charge in [0.1, 0.15) is 11.7 Å². The summed E-state index contributed by atoms with van der Waals surface area (Å²) in [6.07, 6.45) is 1.66. The molecule has 0 radical (unpaired) electrons. The molecule has 0 saturated carbocycles. The van der Waals surface area contributed by atoms with Crippen LogP contribution in [0, 0.1) is 0 Å². The molecule has 0 aromatic carbocycles. The molecule has 1 aromatic heterocycles. The van der Waals surface area contributed by atoms with Gasteiger partial charge in [-0.3, -0.25) is 14.4 Å². The zero-order valence-electron chi connectivity index (χ0n) is 9.75. The molecule has 0 aliphatic rings. The molecule has 2 amide bonds. The first-order valence-corrected chi connectivity index (χ1v) is 5.27. The Morgan fingerprint density at radius 2 is 2.16 bits per heavy atom. The number of carbonyl (C=O) groups excluding carboxylic acids is 2. The Kier molecular flexibility index (Phi) is 4.75. The Morgan fingerprint density at radius 3 is 2.63 bits per heavy atom. The second kappa shape index (κ2) is 6.28. The van der Waals surface area contributed by atoms with E-state index in [1.165, 1.54) is 0 Å². The average Bonchev–Trinajstić information content (AvgIpc) is 2.34. The van der Waals surface area contributed by atoms with Crippen molar-refractivity contribution in [2.75, 3.05) is 0 Å². The van der Waals surface area contributed by atoms with Gasteiger partial charge in [0.25, 0.3) is 11.5 Å². The predicted octanol–water partition coefficient (Wildman–Crippen LogP) is -1.78. The minimum atomic E-state index is -1.29. The number of nitrogens with two attached hydrogens (primary N) is 1. The first-order valence-electron chi connectivity index (χ1n) is 5.27. The minimum Gasteiger partial charge on any atom is -0.480 e. The zero-order chi connectivity index (χ0) is 14.4. The number of hydrogen-bond donors (Lipinski definition) is 4. The number of carboxylic acids is 1. The van der Waals surface area contributed by atoms with E-state index in [0.29, 0.717) is 0 Å². The Morgan fingerprint density at radius 1 is 1.47 bits per heavy atom. The van der Waals surface area contributed by atoms with Crippen molar-refractivity contribution in [1.29, 1.82) is 0 Å². The molecule has 0 bridgehead atoms. The Hall–Kier alpha value is -2.71. The SMILES string of the molecule is NC(=O)CCC(NC(=O)c1c[nH]c(=O)cn1)C(=O)O. The highest BCUT2D eigenvalue weighted by molar-refractivity contribution is 5.94. The van der Waals surface area contributed by atoms with E-state index in [9.17, 15) is 19.2 Å². The molecule has 0 saturated heterocycles. The Labute approximate surface area is 106 Å². The van der Waals surface area contributed by atoms with Gasteiger partial charge >= 0.3 is 5.97 Å². The zero-order valence-corrected chi connectivity index (χ0v) is 9.75. The van der Waals surface area contributed by atoms with Gasteiger partial charge in [-0.1, -0.05) is 0 Å². The molecule has 0 aliphatic heterocycles. The number of carboxylic acid groups (broad SMARTS) is 1. The maximum Gasteiger partial charge on any atom is 0.326 e. The summed E-state index contributed by atoms with van der Waals surface area (Å²) in [5.74, 6) is -2.73. The van der Waals surface area contributed by atoms with E-state index in [2.05, 4.69) is 15.3 Å². The molecule has 19 heavy (non-hydrogen) atoms. The van der Waals surface area contributed by atoms with E-state index in [1.54, 1.807) is 0 Å². The van der Waals surface area contributed by atoms with Gasteiger partial charge in [0.2, 0.25) is 5.91 Å². The fraction of sp³-hybridized carbons (Fsp3) is 0.300. The van der Waals surface area contributed by atoms with Crippen LogP contribution >= 0.6 is 0 Å². The molecule has 1 atom stereocenters. The second-order valence-corrected chi connectivity index (χ2v) is 3.67. The van der Waals surface area contributed by atoms with Crippen molar-refractivity contribution in [1.82, 2.24) is 15.3 Å². The lowest BCUT2D eigenvalue weighted by Gasteiger charge is -2.12. The van der Waals surface area contributed by atoms with Gasteiger partial charge in [0, 0.05) is 12.6 Å². The van der Waals surface area contributed by atoms with Crippen LogP contribution in [0.3, 0.4) is 0 Å². The van der Waals surface area contributed by atoms with Crippen molar-refractivity contribution in [3.63, 3.8) is 0 Å². The molecule has 0 spiro atoms. The standard InChI is InChI=1S/C10H12N4O5/c11-7(15)2-1-5(10(18)19)14-9(17)6-3-13-8(16)4-12-6/h3-5H,1-2H2,(H2,11,15)(H,13,16)(H,14,17)(H,18,19). The third kappa shape index (κ3) is 4.58. The minimum absolute atomic E-state index is 0.125. The van der Waals surface area contributed by atoms with E-state index >= 15 is 0 Å². The highest BCUT2D eigenvalue weighted by Crippen LogP contribution is 1.99. The first-order chi connectivity index (χ1) is 8.90. The van der Waals surface area contributed by atoms with Crippen molar-refractivity contribution in [2.24, 2.45) is 5.73 Å². The summed E-state index contributed by atoms with van der Waals surface area (Å²) < 4.78 is 0. The van der Waals surface area contributed by atoms with Crippen LogP contribution in [0.15, 0.2) is 17.2 Å². The lowest BCUT2D eigenvalue weighted by molar-refractivity contribution is -0.139. The third-order valence-corrected chi connectivity index (χ3v) is 2.19. The van der Waals surface area contributed by atoms with Gasteiger partial charge in [-0.05, 0) is 6.42 Å². The van der Waals surface area contributed by atoms with Crippen molar-refractivity contribution in [2.45, 2.75) is 18.9 Å². The van der Waals surface area contributed by atoms with Crippen molar-refractivity contribution >= 4 is 17.8 Å². The third-order valence-electron chi connectivity index (χ3n) is 2.19. The molecule has 5 N–H and O–H groups in total. The largest absolute Gasteiger partial charge is 0.480 e. The number of H-pyrrole nitrogens is 1. The van der Waals surface area contributed by atoms with E-state index in [4.69, 9.17) is 10.8 Å². The summed E-state index contributed by atoms with van der Waals surface area (Å²) in [6.45, 7) is 0. The number of rotatable bonds is 6. The van der Waals surface area contributed by atoms with Crippen molar-refractivity contribution < 1.29 is 19.5 Å². The van der Waals surface area contributed by atoms with Gasteiger partial charge in [-0.15, -0.1) is 0 Å². The van der Waals surface area contributed by atoms with E-state index in [1.807, 2.05) is 0 Å². The quantitative estimate of drug-likeness (QED) is 0.478. The lowest BCUT2D eigenvalue weighted by Crippen LogP contribution is -2.41. The van der Waals surface area contributed by atoms with E-state index in [-0.39, 0.29) is 18.5 Å². The predicted molar refractivity (Wildman–Crippen MR) is 62.2 cm³/mol. The van der Waals surface area contributed by atoms with Crippen LogP contribution in [-0.4, -0.2) is 38.9 Å². The molecule has 1 unspecified atom stereocenters. The number of hydrogen-bond acceptors (Lipinski definition) is 5. The molecule has 1 heterocycles. The van der Waals surface area contributed by atoms with Crippen molar-refractivity contribution in [3.8, 4) is 0 Å². The fourth-order valence-corrected chi connectivity index (χ4v) is 1.24. The van der Waals surface area contributed by atoms with Gasteiger partial charge in [-0.2, -0.15) is 0 Å². The van der Waals surface area contributed by atoms with Crippen LogP contribution in [0.2, 0.25) is 0 Å². The molecule has 102 valence electrons. The molecule has 0 fully saturated rings. The maximum absolute atomic E-state index is 11.6. The summed E-state index contributed by atoms with van der Waals surface area (Å²) in [4.78, 5) is 49.6. The van der Waals surface area contributed by atoms with Crippen LogP contribution in [0.4, 0.5) is 0 Å². The normalized spacial score (nSPS) is 11.6. The van der Waals surface area contributed by atoms with Gasteiger partial charge in [0.15, 0.2) is 0 Å².